The van der Waals surface area contributed by atoms with Gasteiger partial charge in [0, 0.05) is 38.7 Å². The molecular formula is C23H23FN4O2. The van der Waals surface area contributed by atoms with E-state index in [1.165, 1.54) is 13.0 Å². The third-order valence-electron chi connectivity index (χ3n) is 5.34. The van der Waals surface area contributed by atoms with Gasteiger partial charge in [0.25, 0.3) is 5.91 Å². The highest BCUT2D eigenvalue weighted by molar-refractivity contribution is 5.94. The molecule has 1 saturated heterocycles. The van der Waals surface area contributed by atoms with Crippen molar-refractivity contribution in [3.8, 4) is 16.9 Å². The first-order valence-electron chi connectivity index (χ1n) is 9.91. The third kappa shape index (κ3) is 3.83. The molecule has 6 nitrogen and oxygen atoms in total. The fraction of sp³-hybridized carbons (Fsp3) is 0.261. The highest BCUT2D eigenvalue weighted by Crippen LogP contribution is 2.25. The van der Waals surface area contributed by atoms with Crippen molar-refractivity contribution in [2.45, 2.75) is 13.8 Å². The SMILES string of the molecule is CC(=O)N1CCN(C(=O)c2cc(-c3ccccc3F)nn2-c2cccc(C)c2)CC1. The zero-order valence-electron chi connectivity index (χ0n) is 17.0. The van der Waals surface area contributed by atoms with Crippen LogP contribution in [0, 0.1) is 12.7 Å². The van der Waals surface area contributed by atoms with E-state index in [9.17, 15) is 14.0 Å². The molecule has 0 saturated carbocycles. The minimum atomic E-state index is -0.388. The topological polar surface area (TPSA) is 58.4 Å². The van der Waals surface area contributed by atoms with Gasteiger partial charge in [0.1, 0.15) is 11.5 Å². The third-order valence-corrected chi connectivity index (χ3v) is 5.34. The van der Waals surface area contributed by atoms with Crippen LogP contribution in [0.25, 0.3) is 16.9 Å². The first-order valence-corrected chi connectivity index (χ1v) is 9.91. The number of carbonyl (C=O) groups is 2. The standard InChI is InChI=1S/C23H23FN4O2/c1-16-6-5-7-18(14-16)28-22(15-21(25-28)19-8-3-4-9-20(19)24)23(30)27-12-10-26(11-13-27)17(2)29/h3-9,14-15H,10-13H2,1-2H3. The summed E-state index contributed by atoms with van der Waals surface area (Å²) in [6.07, 6.45) is 0. The molecule has 1 aliphatic heterocycles. The van der Waals surface area contributed by atoms with Gasteiger partial charge in [-0.1, -0.05) is 24.3 Å². The first kappa shape index (κ1) is 19.8. The molecule has 7 heteroatoms. The van der Waals surface area contributed by atoms with Gasteiger partial charge in [-0.2, -0.15) is 5.10 Å². The lowest BCUT2D eigenvalue weighted by Crippen LogP contribution is -2.50. The summed E-state index contributed by atoms with van der Waals surface area (Å²) in [7, 11) is 0. The number of amides is 2. The number of hydrogen-bond acceptors (Lipinski definition) is 3. The number of piperazine rings is 1. The summed E-state index contributed by atoms with van der Waals surface area (Å²) in [6.45, 7) is 5.40. The van der Waals surface area contributed by atoms with Crippen LogP contribution in [0.15, 0.2) is 54.6 Å². The maximum Gasteiger partial charge on any atom is 0.272 e. The van der Waals surface area contributed by atoms with Crippen molar-refractivity contribution in [1.29, 1.82) is 0 Å². The Labute approximate surface area is 174 Å². The summed E-state index contributed by atoms with van der Waals surface area (Å²) < 4.78 is 16.0. The monoisotopic (exact) mass is 406 g/mol. The van der Waals surface area contributed by atoms with Gasteiger partial charge in [-0.3, -0.25) is 9.59 Å². The van der Waals surface area contributed by atoms with Crippen LogP contribution in [0.2, 0.25) is 0 Å². The second-order valence-corrected chi connectivity index (χ2v) is 7.44. The smallest absolute Gasteiger partial charge is 0.272 e. The van der Waals surface area contributed by atoms with Crippen molar-refractivity contribution in [2.24, 2.45) is 0 Å². The Morgan fingerprint density at radius 3 is 2.30 bits per heavy atom. The lowest BCUT2D eigenvalue weighted by Gasteiger charge is -2.34. The second-order valence-electron chi connectivity index (χ2n) is 7.44. The number of aryl methyl sites for hydroxylation is 1. The van der Waals surface area contributed by atoms with Gasteiger partial charge in [-0.05, 0) is 42.8 Å². The summed E-state index contributed by atoms with van der Waals surface area (Å²) in [5.41, 5.74) is 2.89. The Morgan fingerprint density at radius 1 is 0.933 bits per heavy atom. The first-order chi connectivity index (χ1) is 14.4. The van der Waals surface area contributed by atoms with Crippen LogP contribution in [-0.2, 0) is 4.79 Å². The predicted molar refractivity (Wildman–Crippen MR) is 112 cm³/mol. The summed E-state index contributed by atoms with van der Waals surface area (Å²) in [5, 5.41) is 4.58. The Kier molecular flexibility index (Phi) is 5.35. The summed E-state index contributed by atoms with van der Waals surface area (Å²) in [4.78, 5) is 28.4. The van der Waals surface area contributed by atoms with E-state index in [4.69, 9.17) is 0 Å². The van der Waals surface area contributed by atoms with Gasteiger partial charge < -0.3 is 9.80 Å². The lowest BCUT2D eigenvalue weighted by molar-refractivity contribution is -0.130. The van der Waals surface area contributed by atoms with E-state index in [1.807, 2.05) is 31.2 Å². The van der Waals surface area contributed by atoms with Gasteiger partial charge in [0.05, 0.1) is 11.4 Å². The fourth-order valence-corrected chi connectivity index (χ4v) is 3.68. The van der Waals surface area contributed by atoms with Gasteiger partial charge in [-0.15, -0.1) is 0 Å². The molecule has 0 aliphatic carbocycles. The minimum Gasteiger partial charge on any atom is -0.339 e. The largest absolute Gasteiger partial charge is 0.339 e. The van der Waals surface area contributed by atoms with Crippen molar-refractivity contribution in [1.82, 2.24) is 19.6 Å². The van der Waals surface area contributed by atoms with Crippen LogP contribution >= 0.6 is 0 Å². The fourth-order valence-electron chi connectivity index (χ4n) is 3.68. The molecule has 0 radical (unpaired) electrons. The van der Waals surface area contributed by atoms with E-state index in [0.29, 0.717) is 43.1 Å². The summed E-state index contributed by atoms with van der Waals surface area (Å²) in [5.74, 6) is -0.566. The molecule has 1 aromatic heterocycles. The quantitative estimate of drug-likeness (QED) is 0.671. The minimum absolute atomic E-state index is 0.00809. The van der Waals surface area contributed by atoms with Crippen LogP contribution in [0.3, 0.4) is 0 Å². The van der Waals surface area contributed by atoms with Gasteiger partial charge in [0.15, 0.2) is 0 Å². The van der Waals surface area contributed by atoms with Gasteiger partial charge in [-0.25, -0.2) is 9.07 Å². The van der Waals surface area contributed by atoms with Crippen LogP contribution in [-0.4, -0.2) is 57.6 Å². The maximum absolute atomic E-state index is 14.4. The molecule has 2 aromatic carbocycles. The lowest BCUT2D eigenvalue weighted by atomic mass is 10.1. The number of halogens is 1. The molecule has 2 heterocycles. The molecule has 30 heavy (non-hydrogen) atoms. The number of carbonyl (C=O) groups excluding carboxylic acids is 2. The van der Waals surface area contributed by atoms with Crippen molar-refractivity contribution in [3.05, 3.63) is 71.7 Å². The maximum atomic E-state index is 14.4. The molecule has 1 fully saturated rings. The molecule has 4 rings (SSSR count). The zero-order chi connectivity index (χ0) is 21.3. The van der Waals surface area contributed by atoms with E-state index < -0.39 is 0 Å². The second kappa shape index (κ2) is 8.10. The van der Waals surface area contributed by atoms with Crippen molar-refractivity contribution in [3.63, 3.8) is 0 Å². The molecular weight excluding hydrogens is 383 g/mol. The van der Waals surface area contributed by atoms with Crippen LogP contribution in [0.1, 0.15) is 23.0 Å². The summed E-state index contributed by atoms with van der Waals surface area (Å²) >= 11 is 0. The molecule has 0 bridgehead atoms. The number of benzene rings is 2. The van der Waals surface area contributed by atoms with E-state index in [-0.39, 0.29) is 17.6 Å². The van der Waals surface area contributed by atoms with Gasteiger partial charge in [0.2, 0.25) is 5.91 Å². The Morgan fingerprint density at radius 2 is 1.63 bits per heavy atom. The van der Waals surface area contributed by atoms with E-state index in [1.54, 1.807) is 38.7 Å². The molecule has 1 aliphatic rings. The van der Waals surface area contributed by atoms with Crippen molar-refractivity contribution < 1.29 is 14.0 Å². The van der Waals surface area contributed by atoms with Gasteiger partial charge >= 0.3 is 0 Å². The Hall–Kier alpha value is -3.48. The molecule has 0 atom stereocenters. The molecule has 0 unspecified atom stereocenters. The zero-order valence-corrected chi connectivity index (χ0v) is 17.0. The number of aromatic nitrogens is 2. The van der Waals surface area contributed by atoms with Crippen molar-refractivity contribution >= 4 is 11.8 Å². The predicted octanol–water partition coefficient (Wildman–Crippen LogP) is 3.29. The van der Waals surface area contributed by atoms with Crippen molar-refractivity contribution in [2.75, 3.05) is 26.2 Å². The van der Waals surface area contributed by atoms with Crippen LogP contribution in [0.5, 0.6) is 0 Å². The Balaban J connectivity index is 1.73. The average Bonchev–Trinajstić information content (AvgIpc) is 3.19. The summed E-state index contributed by atoms with van der Waals surface area (Å²) in [6, 6.07) is 15.7. The number of rotatable bonds is 3. The Bertz CT molecular complexity index is 1100. The molecule has 0 N–H and O–H groups in total. The van der Waals surface area contributed by atoms with Crippen LogP contribution in [0.4, 0.5) is 4.39 Å². The van der Waals surface area contributed by atoms with E-state index >= 15 is 0 Å². The molecule has 3 aromatic rings. The number of hydrogen-bond donors (Lipinski definition) is 0. The number of nitrogens with zero attached hydrogens (tertiary/aromatic N) is 4. The average molecular weight is 406 g/mol. The van der Waals surface area contributed by atoms with E-state index in [2.05, 4.69) is 5.10 Å². The highest BCUT2D eigenvalue weighted by atomic mass is 19.1. The van der Waals surface area contributed by atoms with E-state index in [0.717, 1.165) is 11.3 Å². The van der Waals surface area contributed by atoms with Crippen LogP contribution < -0.4 is 0 Å². The molecule has 2 amide bonds. The normalized spacial score (nSPS) is 14.1. The molecule has 154 valence electrons. The highest BCUT2D eigenvalue weighted by Gasteiger charge is 2.27. The molecule has 0 spiro atoms.